The van der Waals surface area contributed by atoms with Crippen molar-refractivity contribution in [2.75, 3.05) is 6.61 Å². The lowest BCUT2D eigenvalue weighted by atomic mass is 10.1. The number of hydrogen-bond donors (Lipinski definition) is 0. The van der Waals surface area contributed by atoms with Gasteiger partial charge in [0.1, 0.15) is 4.32 Å². The summed E-state index contributed by atoms with van der Waals surface area (Å²) >= 11 is 12.5. The SMILES string of the molecule is CCCOC(=O)C(c1ccccc1)N1C(=O)/C(=C\c2ccc(Cl)cc2)SC1=S. The van der Waals surface area contributed by atoms with Crippen molar-refractivity contribution < 1.29 is 14.3 Å². The smallest absolute Gasteiger partial charge is 0.333 e. The monoisotopic (exact) mass is 431 g/mol. The molecule has 0 saturated carbocycles. The van der Waals surface area contributed by atoms with Crippen LogP contribution in [0.3, 0.4) is 0 Å². The second kappa shape index (κ2) is 9.37. The Morgan fingerprint density at radius 2 is 1.89 bits per heavy atom. The predicted molar refractivity (Wildman–Crippen MR) is 117 cm³/mol. The Morgan fingerprint density at radius 1 is 1.21 bits per heavy atom. The minimum atomic E-state index is -0.906. The van der Waals surface area contributed by atoms with E-state index in [1.165, 1.54) is 16.7 Å². The summed E-state index contributed by atoms with van der Waals surface area (Å²) in [5, 5.41) is 0.618. The average molecular weight is 432 g/mol. The average Bonchev–Trinajstić information content (AvgIpc) is 2.97. The van der Waals surface area contributed by atoms with Gasteiger partial charge in [-0.3, -0.25) is 9.69 Å². The maximum Gasteiger partial charge on any atom is 0.333 e. The number of hydrogen-bond acceptors (Lipinski definition) is 5. The van der Waals surface area contributed by atoms with Gasteiger partial charge in [-0.05, 0) is 35.8 Å². The molecule has 0 N–H and O–H groups in total. The maximum absolute atomic E-state index is 13.1. The first-order valence-corrected chi connectivity index (χ1v) is 10.4. The number of carbonyl (C=O) groups excluding carboxylic acids is 2. The van der Waals surface area contributed by atoms with Crippen LogP contribution in [0.25, 0.3) is 6.08 Å². The number of benzene rings is 2. The Labute approximate surface area is 178 Å². The van der Waals surface area contributed by atoms with Crippen LogP contribution in [0.4, 0.5) is 0 Å². The summed E-state index contributed by atoms with van der Waals surface area (Å²) in [6, 6.07) is 15.3. The molecule has 0 radical (unpaired) electrons. The Kier molecular flexibility index (Phi) is 6.88. The van der Waals surface area contributed by atoms with Crippen molar-refractivity contribution in [2.45, 2.75) is 19.4 Å². The van der Waals surface area contributed by atoms with E-state index in [0.29, 0.717) is 26.2 Å². The van der Waals surface area contributed by atoms with Crippen LogP contribution in [0.5, 0.6) is 0 Å². The number of amides is 1. The third-order valence-corrected chi connectivity index (χ3v) is 5.62. The number of rotatable bonds is 6. The topological polar surface area (TPSA) is 46.6 Å². The van der Waals surface area contributed by atoms with E-state index < -0.39 is 12.0 Å². The van der Waals surface area contributed by atoms with E-state index in [0.717, 1.165) is 5.56 Å². The fourth-order valence-electron chi connectivity index (χ4n) is 2.72. The summed E-state index contributed by atoms with van der Waals surface area (Å²) in [5.74, 6) is -0.802. The number of halogens is 1. The molecule has 1 aliphatic heterocycles. The Hall–Kier alpha value is -2.15. The number of thioether (sulfide) groups is 1. The molecule has 4 nitrogen and oxygen atoms in total. The van der Waals surface area contributed by atoms with Gasteiger partial charge in [0, 0.05) is 5.02 Å². The fourth-order valence-corrected chi connectivity index (χ4v) is 4.16. The molecule has 2 aromatic rings. The van der Waals surface area contributed by atoms with Crippen molar-refractivity contribution in [3.8, 4) is 0 Å². The van der Waals surface area contributed by atoms with Crippen LogP contribution >= 0.6 is 35.6 Å². The standard InChI is InChI=1S/C21H18ClNO3S2/c1-2-12-26-20(25)18(15-6-4-3-5-7-15)23-19(24)17(28-21(23)27)13-14-8-10-16(22)11-9-14/h3-11,13,18H,2,12H2,1H3/b17-13+. The first kappa shape index (κ1) is 20.6. The minimum Gasteiger partial charge on any atom is -0.464 e. The second-order valence-corrected chi connectivity index (χ2v) is 8.20. The molecule has 7 heteroatoms. The molecule has 144 valence electrons. The summed E-state index contributed by atoms with van der Waals surface area (Å²) in [7, 11) is 0. The van der Waals surface area contributed by atoms with E-state index in [4.69, 9.17) is 28.6 Å². The summed E-state index contributed by atoms with van der Waals surface area (Å²) in [5.41, 5.74) is 1.49. The third kappa shape index (κ3) is 4.63. The molecule has 1 aliphatic rings. The highest BCUT2D eigenvalue weighted by Crippen LogP contribution is 2.38. The summed E-state index contributed by atoms with van der Waals surface area (Å²) in [4.78, 5) is 27.7. The van der Waals surface area contributed by atoms with Crippen molar-refractivity contribution in [1.29, 1.82) is 0 Å². The highest BCUT2D eigenvalue weighted by molar-refractivity contribution is 8.26. The molecule has 0 aliphatic carbocycles. The van der Waals surface area contributed by atoms with Gasteiger partial charge >= 0.3 is 5.97 Å². The lowest BCUT2D eigenvalue weighted by Crippen LogP contribution is -2.38. The Bertz CT molecular complexity index is 913. The first-order valence-electron chi connectivity index (χ1n) is 8.75. The second-order valence-electron chi connectivity index (χ2n) is 6.08. The van der Waals surface area contributed by atoms with E-state index in [1.807, 2.05) is 37.3 Å². The molecule has 3 rings (SSSR count). The normalized spacial score (nSPS) is 16.5. The van der Waals surface area contributed by atoms with Crippen LogP contribution in [0.1, 0.15) is 30.5 Å². The van der Waals surface area contributed by atoms with Crippen LogP contribution in [-0.4, -0.2) is 27.7 Å². The molecule has 0 spiro atoms. The van der Waals surface area contributed by atoms with Gasteiger partial charge in [-0.1, -0.05) is 85.0 Å². The summed E-state index contributed by atoms with van der Waals surface area (Å²) < 4.78 is 5.67. The molecule has 0 bridgehead atoms. The minimum absolute atomic E-state index is 0.289. The van der Waals surface area contributed by atoms with Gasteiger partial charge < -0.3 is 4.74 Å². The zero-order valence-corrected chi connectivity index (χ0v) is 17.5. The summed E-state index contributed by atoms with van der Waals surface area (Å²) in [6.45, 7) is 2.21. The van der Waals surface area contributed by atoms with Gasteiger partial charge in [-0.2, -0.15) is 0 Å². The quantitative estimate of drug-likeness (QED) is 0.355. The number of esters is 1. The molecule has 1 amide bonds. The zero-order valence-electron chi connectivity index (χ0n) is 15.1. The predicted octanol–water partition coefficient (Wildman–Crippen LogP) is 5.24. The van der Waals surface area contributed by atoms with Crippen molar-refractivity contribution in [2.24, 2.45) is 0 Å². The Balaban J connectivity index is 1.93. The lowest BCUT2D eigenvalue weighted by Gasteiger charge is -2.25. The van der Waals surface area contributed by atoms with Crippen LogP contribution in [0, 0.1) is 0 Å². The maximum atomic E-state index is 13.1. The van der Waals surface area contributed by atoms with E-state index >= 15 is 0 Å². The Morgan fingerprint density at radius 3 is 2.54 bits per heavy atom. The van der Waals surface area contributed by atoms with Crippen LogP contribution in [-0.2, 0) is 14.3 Å². The molecular formula is C21H18ClNO3S2. The van der Waals surface area contributed by atoms with Gasteiger partial charge in [-0.15, -0.1) is 0 Å². The van der Waals surface area contributed by atoms with Crippen LogP contribution in [0.2, 0.25) is 5.02 Å². The molecule has 28 heavy (non-hydrogen) atoms. The molecule has 1 unspecified atom stereocenters. The number of carbonyl (C=O) groups is 2. The van der Waals surface area contributed by atoms with E-state index in [1.54, 1.807) is 30.3 Å². The highest BCUT2D eigenvalue weighted by atomic mass is 35.5. The number of thiocarbonyl (C=S) groups is 1. The van der Waals surface area contributed by atoms with Crippen molar-refractivity contribution in [3.05, 3.63) is 75.7 Å². The van der Waals surface area contributed by atoms with E-state index in [9.17, 15) is 9.59 Å². The van der Waals surface area contributed by atoms with Crippen molar-refractivity contribution >= 4 is 57.9 Å². The van der Waals surface area contributed by atoms with Crippen LogP contribution < -0.4 is 0 Å². The van der Waals surface area contributed by atoms with Gasteiger partial charge in [0.15, 0.2) is 6.04 Å². The lowest BCUT2D eigenvalue weighted by molar-refractivity contribution is -0.151. The molecule has 1 atom stereocenters. The third-order valence-electron chi connectivity index (χ3n) is 4.04. The van der Waals surface area contributed by atoms with Crippen molar-refractivity contribution in [1.82, 2.24) is 4.90 Å². The van der Waals surface area contributed by atoms with E-state index in [2.05, 4.69) is 0 Å². The van der Waals surface area contributed by atoms with E-state index in [-0.39, 0.29) is 12.5 Å². The largest absolute Gasteiger partial charge is 0.464 e. The molecule has 1 fully saturated rings. The fraction of sp³-hybridized carbons (Fsp3) is 0.190. The molecule has 2 aromatic carbocycles. The number of nitrogens with zero attached hydrogens (tertiary/aromatic N) is 1. The highest BCUT2D eigenvalue weighted by Gasteiger charge is 2.42. The molecule has 0 aromatic heterocycles. The number of ether oxygens (including phenoxy) is 1. The van der Waals surface area contributed by atoms with Crippen LogP contribution in [0.15, 0.2) is 59.5 Å². The molecule has 1 saturated heterocycles. The first-order chi connectivity index (χ1) is 13.5. The van der Waals surface area contributed by atoms with Gasteiger partial charge in [-0.25, -0.2) is 4.79 Å². The van der Waals surface area contributed by atoms with Gasteiger partial charge in [0.05, 0.1) is 11.5 Å². The molecule has 1 heterocycles. The molecular weight excluding hydrogens is 414 g/mol. The van der Waals surface area contributed by atoms with Gasteiger partial charge in [0.25, 0.3) is 5.91 Å². The summed E-state index contributed by atoms with van der Waals surface area (Å²) in [6.07, 6.45) is 2.44. The van der Waals surface area contributed by atoms with Gasteiger partial charge in [0.2, 0.25) is 0 Å². The zero-order chi connectivity index (χ0) is 20.1. The van der Waals surface area contributed by atoms with Crippen molar-refractivity contribution in [3.63, 3.8) is 0 Å².